The van der Waals surface area contributed by atoms with E-state index in [1.54, 1.807) is 6.07 Å². The highest BCUT2D eigenvalue weighted by Gasteiger charge is 2.30. The maximum Gasteiger partial charge on any atom is 0.416 e. The topological polar surface area (TPSA) is 15.3 Å². The van der Waals surface area contributed by atoms with E-state index in [0.717, 1.165) is 31.3 Å². The van der Waals surface area contributed by atoms with Crippen molar-refractivity contribution in [2.45, 2.75) is 25.7 Å². The van der Waals surface area contributed by atoms with E-state index in [2.05, 4.69) is 17.1 Å². The van der Waals surface area contributed by atoms with E-state index >= 15 is 0 Å². The van der Waals surface area contributed by atoms with Crippen molar-refractivity contribution < 1.29 is 13.2 Å². The molecule has 2 nitrogen and oxygen atoms in total. The number of nitrogens with zero attached hydrogens (tertiary/aromatic N) is 1. The van der Waals surface area contributed by atoms with Gasteiger partial charge in [-0.25, -0.2) is 0 Å². The first-order valence-corrected chi connectivity index (χ1v) is 6.08. The van der Waals surface area contributed by atoms with E-state index < -0.39 is 11.7 Å². The molecule has 0 amide bonds. The first kappa shape index (κ1) is 13.4. The molecule has 1 aliphatic heterocycles. The summed E-state index contributed by atoms with van der Waals surface area (Å²) in [7, 11) is 0. The van der Waals surface area contributed by atoms with Crippen LogP contribution in [0.2, 0.25) is 0 Å². The predicted octanol–water partition coefficient (Wildman–Crippen LogP) is 2.50. The second-order valence-electron chi connectivity index (χ2n) is 4.72. The van der Waals surface area contributed by atoms with Gasteiger partial charge in [0.05, 0.1) is 5.56 Å². The molecule has 0 aromatic heterocycles. The zero-order chi connectivity index (χ0) is 13.2. The van der Waals surface area contributed by atoms with E-state index in [4.69, 9.17) is 0 Å². The molecule has 18 heavy (non-hydrogen) atoms. The fourth-order valence-electron chi connectivity index (χ4n) is 2.20. The first-order valence-electron chi connectivity index (χ1n) is 6.08. The van der Waals surface area contributed by atoms with E-state index in [9.17, 15) is 13.2 Å². The zero-order valence-electron chi connectivity index (χ0n) is 10.3. The Bertz CT molecular complexity index is 403. The van der Waals surface area contributed by atoms with Gasteiger partial charge in [0.1, 0.15) is 0 Å². The summed E-state index contributed by atoms with van der Waals surface area (Å²) in [5, 5.41) is 3.26. The summed E-state index contributed by atoms with van der Waals surface area (Å²) in [6, 6.07) is 5.95. The third-order valence-electron chi connectivity index (χ3n) is 3.28. The van der Waals surface area contributed by atoms with Gasteiger partial charge in [-0.15, -0.1) is 0 Å². The average Bonchev–Trinajstić information content (AvgIpc) is 2.31. The van der Waals surface area contributed by atoms with E-state index in [1.165, 1.54) is 12.1 Å². The molecule has 0 spiro atoms. The predicted molar refractivity (Wildman–Crippen MR) is 64.2 cm³/mol. The quantitative estimate of drug-likeness (QED) is 0.876. The smallest absolute Gasteiger partial charge is 0.314 e. The van der Waals surface area contributed by atoms with E-state index in [1.807, 2.05) is 0 Å². The van der Waals surface area contributed by atoms with Gasteiger partial charge in [0.15, 0.2) is 0 Å². The highest BCUT2D eigenvalue weighted by atomic mass is 19.4. The SMILES string of the molecule is CC1CNCCN1Cc1cccc(C(F)(F)F)c1. The minimum absolute atomic E-state index is 0.355. The highest BCUT2D eigenvalue weighted by Crippen LogP contribution is 2.29. The van der Waals surface area contributed by atoms with Gasteiger partial charge in [0, 0.05) is 32.2 Å². The normalized spacial score (nSPS) is 22.1. The molecule has 2 rings (SSSR count). The van der Waals surface area contributed by atoms with Crippen LogP contribution in [0.25, 0.3) is 0 Å². The van der Waals surface area contributed by atoms with Gasteiger partial charge in [0.2, 0.25) is 0 Å². The lowest BCUT2D eigenvalue weighted by atomic mass is 10.1. The van der Waals surface area contributed by atoms with Crippen LogP contribution in [0.1, 0.15) is 18.1 Å². The molecule has 1 atom stereocenters. The summed E-state index contributed by atoms with van der Waals surface area (Å²) < 4.78 is 37.8. The lowest BCUT2D eigenvalue weighted by molar-refractivity contribution is -0.137. The standard InChI is InChI=1S/C13H17F3N2/c1-10-8-17-5-6-18(10)9-11-3-2-4-12(7-11)13(14,15)16/h2-4,7,10,17H,5-6,8-9H2,1H3. The largest absolute Gasteiger partial charge is 0.416 e. The number of rotatable bonds is 2. The number of alkyl halides is 3. The van der Waals surface area contributed by atoms with Crippen molar-refractivity contribution >= 4 is 0 Å². The minimum Gasteiger partial charge on any atom is -0.314 e. The van der Waals surface area contributed by atoms with Crippen LogP contribution in [0.3, 0.4) is 0 Å². The average molecular weight is 258 g/mol. The van der Waals surface area contributed by atoms with Crippen LogP contribution < -0.4 is 5.32 Å². The zero-order valence-corrected chi connectivity index (χ0v) is 10.3. The van der Waals surface area contributed by atoms with Gasteiger partial charge in [-0.2, -0.15) is 13.2 Å². The van der Waals surface area contributed by atoms with Gasteiger partial charge >= 0.3 is 6.18 Å². The molecule has 1 aromatic carbocycles. The molecule has 1 fully saturated rings. The van der Waals surface area contributed by atoms with Crippen LogP contribution >= 0.6 is 0 Å². The van der Waals surface area contributed by atoms with Crippen LogP contribution in [-0.2, 0) is 12.7 Å². The molecule has 0 radical (unpaired) electrons. The summed E-state index contributed by atoms with van der Waals surface area (Å²) in [5.74, 6) is 0. The Labute approximate surface area is 105 Å². The molecular weight excluding hydrogens is 241 g/mol. The molecule has 0 aliphatic carbocycles. The lowest BCUT2D eigenvalue weighted by Crippen LogP contribution is -2.49. The molecule has 1 aromatic rings. The first-order chi connectivity index (χ1) is 8.47. The lowest BCUT2D eigenvalue weighted by Gasteiger charge is -2.34. The molecule has 1 aliphatic rings. The number of nitrogens with one attached hydrogen (secondary N) is 1. The Hall–Kier alpha value is -1.07. The minimum atomic E-state index is -4.26. The van der Waals surface area contributed by atoms with Crippen LogP contribution in [0.4, 0.5) is 13.2 Å². The van der Waals surface area contributed by atoms with E-state index in [-0.39, 0.29) is 0 Å². The molecule has 1 heterocycles. The fraction of sp³-hybridized carbons (Fsp3) is 0.538. The number of hydrogen-bond acceptors (Lipinski definition) is 2. The maximum absolute atomic E-state index is 12.6. The van der Waals surface area contributed by atoms with Gasteiger partial charge in [-0.3, -0.25) is 4.90 Å². The Morgan fingerprint density at radius 1 is 1.39 bits per heavy atom. The van der Waals surface area contributed by atoms with Crippen molar-refractivity contribution in [2.24, 2.45) is 0 Å². The molecule has 0 saturated carbocycles. The van der Waals surface area contributed by atoms with Gasteiger partial charge in [-0.05, 0) is 18.6 Å². The summed E-state index contributed by atoms with van der Waals surface area (Å²) in [5.41, 5.74) is 0.154. The van der Waals surface area contributed by atoms with Crippen molar-refractivity contribution in [3.8, 4) is 0 Å². The van der Waals surface area contributed by atoms with Gasteiger partial charge in [-0.1, -0.05) is 18.2 Å². The van der Waals surface area contributed by atoms with Crippen LogP contribution in [0, 0.1) is 0 Å². The Morgan fingerprint density at radius 3 is 2.83 bits per heavy atom. The Balaban J connectivity index is 2.09. The summed E-state index contributed by atoms with van der Waals surface area (Å²) >= 11 is 0. The van der Waals surface area contributed by atoms with Gasteiger partial charge in [0.25, 0.3) is 0 Å². The third kappa shape index (κ3) is 3.23. The molecule has 1 N–H and O–H groups in total. The van der Waals surface area contributed by atoms with E-state index in [0.29, 0.717) is 12.6 Å². The van der Waals surface area contributed by atoms with Crippen molar-refractivity contribution in [1.29, 1.82) is 0 Å². The molecule has 5 heteroatoms. The summed E-state index contributed by atoms with van der Waals surface area (Å²) in [6.07, 6.45) is -4.26. The second-order valence-corrected chi connectivity index (χ2v) is 4.72. The summed E-state index contributed by atoms with van der Waals surface area (Å²) in [4.78, 5) is 2.20. The molecule has 1 saturated heterocycles. The number of hydrogen-bond donors (Lipinski definition) is 1. The number of halogens is 3. The fourth-order valence-corrected chi connectivity index (χ4v) is 2.20. The monoisotopic (exact) mass is 258 g/mol. The molecule has 0 bridgehead atoms. The number of benzene rings is 1. The summed E-state index contributed by atoms with van der Waals surface area (Å²) in [6.45, 7) is 5.31. The second kappa shape index (κ2) is 5.28. The molecule has 1 unspecified atom stereocenters. The van der Waals surface area contributed by atoms with Crippen molar-refractivity contribution in [3.63, 3.8) is 0 Å². The Morgan fingerprint density at radius 2 is 2.17 bits per heavy atom. The number of piperazine rings is 1. The molecule has 100 valence electrons. The third-order valence-corrected chi connectivity index (χ3v) is 3.28. The van der Waals surface area contributed by atoms with Crippen molar-refractivity contribution in [3.05, 3.63) is 35.4 Å². The molecular formula is C13H17F3N2. The Kier molecular flexibility index (Phi) is 3.92. The van der Waals surface area contributed by atoms with Crippen molar-refractivity contribution in [1.82, 2.24) is 10.2 Å². The highest BCUT2D eigenvalue weighted by molar-refractivity contribution is 5.25. The van der Waals surface area contributed by atoms with Crippen molar-refractivity contribution in [2.75, 3.05) is 19.6 Å². The van der Waals surface area contributed by atoms with Crippen LogP contribution in [-0.4, -0.2) is 30.6 Å². The van der Waals surface area contributed by atoms with Crippen LogP contribution in [0.5, 0.6) is 0 Å². The maximum atomic E-state index is 12.6. The van der Waals surface area contributed by atoms with Crippen LogP contribution in [0.15, 0.2) is 24.3 Å². The van der Waals surface area contributed by atoms with Gasteiger partial charge < -0.3 is 5.32 Å².